The number of alkyl halides is 3. The van der Waals surface area contributed by atoms with Gasteiger partial charge in [-0.05, 0) is 19.8 Å². The normalized spacial score (nSPS) is 16.8. The van der Waals surface area contributed by atoms with Gasteiger partial charge in [-0.3, -0.25) is 5.10 Å². The van der Waals surface area contributed by atoms with Crippen LogP contribution >= 0.6 is 0 Å². The number of aromatic nitrogens is 2. The number of aromatic amines is 1. The van der Waals surface area contributed by atoms with E-state index in [2.05, 4.69) is 10.2 Å². The summed E-state index contributed by atoms with van der Waals surface area (Å²) in [6.07, 6.45) is -1.21. The van der Waals surface area contributed by atoms with Gasteiger partial charge in [0.1, 0.15) is 5.56 Å². The predicted molar refractivity (Wildman–Crippen MR) is 60.8 cm³/mol. The molecule has 0 amide bonds. The van der Waals surface area contributed by atoms with Crippen LogP contribution in [0.5, 0.6) is 0 Å². The summed E-state index contributed by atoms with van der Waals surface area (Å²) in [5.74, 6) is -1.02. The fraction of sp³-hybridized carbons (Fsp3) is 0.667. The van der Waals surface area contributed by atoms with Crippen molar-refractivity contribution in [2.75, 3.05) is 6.61 Å². The maximum absolute atomic E-state index is 12.9. The molecular weight excluding hydrogens is 261 g/mol. The largest absolute Gasteiger partial charge is 0.462 e. The molecule has 0 atom stereocenters. The maximum atomic E-state index is 12.9. The van der Waals surface area contributed by atoms with E-state index in [1.54, 1.807) is 6.92 Å². The molecule has 1 aliphatic carbocycles. The number of rotatable bonds is 3. The number of ether oxygens (including phenoxy) is 1. The first-order valence-corrected chi connectivity index (χ1v) is 6.27. The van der Waals surface area contributed by atoms with Gasteiger partial charge in [-0.2, -0.15) is 18.3 Å². The smallest absolute Gasteiger partial charge is 0.436 e. The van der Waals surface area contributed by atoms with Crippen molar-refractivity contribution >= 4 is 5.97 Å². The van der Waals surface area contributed by atoms with Crippen LogP contribution < -0.4 is 0 Å². The van der Waals surface area contributed by atoms with Crippen molar-refractivity contribution in [2.45, 2.75) is 44.7 Å². The van der Waals surface area contributed by atoms with Gasteiger partial charge >= 0.3 is 12.1 Å². The molecule has 7 heteroatoms. The summed E-state index contributed by atoms with van der Waals surface area (Å²) in [4.78, 5) is 11.8. The van der Waals surface area contributed by atoms with E-state index in [4.69, 9.17) is 4.74 Å². The van der Waals surface area contributed by atoms with Crippen molar-refractivity contribution in [3.05, 3.63) is 17.0 Å². The number of nitrogens with zero attached hydrogens (tertiary/aromatic N) is 1. The van der Waals surface area contributed by atoms with E-state index in [0.717, 1.165) is 25.7 Å². The van der Waals surface area contributed by atoms with Gasteiger partial charge in [0.25, 0.3) is 0 Å². The van der Waals surface area contributed by atoms with Crippen LogP contribution in [-0.2, 0) is 10.9 Å². The van der Waals surface area contributed by atoms with E-state index in [1.807, 2.05) is 0 Å². The van der Waals surface area contributed by atoms with Crippen LogP contribution in [0, 0.1) is 0 Å². The van der Waals surface area contributed by atoms with Gasteiger partial charge in [-0.1, -0.05) is 12.8 Å². The van der Waals surface area contributed by atoms with E-state index in [9.17, 15) is 18.0 Å². The van der Waals surface area contributed by atoms with Crippen LogP contribution in [0.2, 0.25) is 0 Å². The average Bonchev–Trinajstić information content (AvgIpc) is 2.97. The zero-order valence-corrected chi connectivity index (χ0v) is 10.5. The van der Waals surface area contributed by atoms with Crippen LogP contribution in [0.1, 0.15) is 60.3 Å². The highest BCUT2D eigenvalue weighted by atomic mass is 19.4. The third kappa shape index (κ3) is 2.74. The van der Waals surface area contributed by atoms with E-state index < -0.39 is 23.4 Å². The highest BCUT2D eigenvalue weighted by Crippen LogP contribution is 2.39. The summed E-state index contributed by atoms with van der Waals surface area (Å²) in [5.41, 5.74) is -1.35. The summed E-state index contributed by atoms with van der Waals surface area (Å²) < 4.78 is 43.3. The van der Waals surface area contributed by atoms with Crippen molar-refractivity contribution in [3.63, 3.8) is 0 Å². The van der Waals surface area contributed by atoms with Gasteiger partial charge in [0, 0.05) is 5.92 Å². The molecule has 1 aromatic heterocycles. The molecule has 106 valence electrons. The minimum Gasteiger partial charge on any atom is -0.462 e. The van der Waals surface area contributed by atoms with Crippen LogP contribution in [0.3, 0.4) is 0 Å². The minimum atomic E-state index is -4.66. The molecule has 0 radical (unpaired) electrons. The molecule has 2 rings (SSSR count). The zero-order chi connectivity index (χ0) is 14.0. The quantitative estimate of drug-likeness (QED) is 0.862. The summed E-state index contributed by atoms with van der Waals surface area (Å²) in [6, 6.07) is 0. The molecule has 0 unspecified atom stereocenters. The molecule has 1 saturated carbocycles. The van der Waals surface area contributed by atoms with Crippen molar-refractivity contribution in [2.24, 2.45) is 0 Å². The number of H-pyrrole nitrogens is 1. The number of hydrogen-bond donors (Lipinski definition) is 1. The average molecular weight is 276 g/mol. The van der Waals surface area contributed by atoms with Crippen LogP contribution in [0.15, 0.2) is 0 Å². The molecular formula is C12H15F3N2O2. The number of halogens is 3. The van der Waals surface area contributed by atoms with Crippen LogP contribution in [0.25, 0.3) is 0 Å². The van der Waals surface area contributed by atoms with Crippen molar-refractivity contribution in [1.29, 1.82) is 0 Å². The van der Waals surface area contributed by atoms with Gasteiger partial charge < -0.3 is 4.74 Å². The number of carbonyl (C=O) groups excluding carboxylic acids is 1. The Morgan fingerprint density at radius 3 is 2.58 bits per heavy atom. The lowest BCUT2D eigenvalue weighted by Gasteiger charge is -2.11. The Morgan fingerprint density at radius 1 is 1.42 bits per heavy atom. The minimum absolute atomic E-state index is 0.0332. The third-order valence-electron chi connectivity index (χ3n) is 3.31. The molecule has 1 aromatic rings. The Labute approximate surface area is 108 Å². The molecule has 0 saturated heterocycles. The summed E-state index contributed by atoms with van der Waals surface area (Å²) >= 11 is 0. The third-order valence-corrected chi connectivity index (χ3v) is 3.31. The molecule has 0 spiro atoms. The van der Waals surface area contributed by atoms with E-state index in [-0.39, 0.29) is 18.2 Å². The van der Waals surface area contributed by atoms with E-state index in [1.165, 1.54) is 0 Å². The fourth-order valence-corrected chi connectivity index (χ4v) is 2.48. The van der Waals surface area contributed by atoms with Gasteiger partial charge in [0.05, 0.1) is 12.3 Å². The molecule has 1 heterocycles. The molecule has 0 bridgehead atoms. The Morgan fingerprint density at radius 2 is 2.05 bits per heavy atom. The lowest BCUT2D eigenvalue weighted by Crippen LogP contribution is -2.16. The van der Waals surface area contributed by atoms with Crippen molar-refractivity contribution in [1.82, 2.24) is 10.2 Å². The van der Waals surface area contributed by atoms with E-state index >= 15 is 0 Å². The first-order chi connectivity index (χ1) is 8.95. The first kappa shape index (κ1) is 13.9. The van der Waals surface area contributed by atoms with Crippen molar-refractivity contribution in [3.8, 4) is 0 Å². The lowest BCUT2D eigenvalue weighted by molar-refractivity contribution is -0.141. The zero-order valence-electron chi connectivity index (χ0n) is 10.5. The number of hydrogen-bond acceptors (Lipinski definition) is 3. The van der Waals surface area contributed by atoms with Gasteiger partial charge in [0.15, 0.2) is 5.69 Å². The molecule has 0 aliphatic heterocycles. The number of esters is 1. The van der Waals surface area contributed by atoms with Crippen molar-refractivity contribution < 1.29 is 22.7 Å². The fourth-order valence-electron chi connectivity index (χ4n) is 2.48. The predicted octanol–water partition coefficient (Wildman–Crippen LogP) is 3.26. The molecule has 0 aromatic carbocycles. The number of nitrogens with one attached hydrogen (secondary N) is 1. The second-order valence-corrected chi connectivity index (χ2v) is 4.56. The topological polar surface area (TPSA) is 55.0 Å². The van der Waals surface area contributed by atoms with Crippen LogP contribution in [0.4, 0.5) is 13.2 Å². The molecule has 1 fully saturated rings. The second kappa shape index (κ2) is 5.22. The molecule has 4 nitrogen and oxygen atoms in total. The van der Waals surface area contributed by atoms with Crippen LogP contribution in [-0.4, -0.2) is 22.8 Å². The van der Waals surface area contributed by atoms with Gasteiger partial charge in [-0.25, -0.2) is 4.79 Å². The molecule has 1 aliphatic rings. The Hall–Kier alpha value is -1.53. The summed E-state index contributed by atoms with van der Waals surface area (Å²) in [7, 11) is 0. The highest BCUT2D eigenvalue weighted by molar-refractivity contribution is 5.92. The molecule has 1 N–H and O–H groups in total. The SMILES string of the molecule is CCOC(=O)c1c(C(F)(F)F)n[nH]c1C1CCCC1. The summed E-state index contributed by atoms with van der Waals surface area (Å²) in [6.45, 7) is 1.59. The second-order valence-electron chi connectivity index (χ2n) is 4.56. The van der Waals surface area contributed by atoms with Gasteiger partial charge in [0.2, 0.25) is 0 Å². The van der Waals surface area contributed by atoms with E-state index in [0.29, 0.717) is 0 Å². The Bertz CT molecular complexity index is 462. The van der Waals surface area contributed by atoms with Gasteiger partial charge in [-0.15, -0.1) is 0 Å². The summed E-state index contributed by atoms with van der Waals surface area (Å²) in [5, 5.41) is 5.68. The standard InChI is InChI=1S/C12H15F3N2O2/c1-2-19-11(18)8-9(7-5-3-4-6-7)16-17-10(8)12(13,14)15/h7H,2-6H2,1H3,(H,16,17). The first-order valence-electron chi connectivity index (χ1n) is 6.27. The maximum Gasteiger partial charge on any atom is 0.436 e. The monoisotopic (exact) mass is 276 g/mol. The Balaban J connectivity index is 2.43. The lowest BCUT2D eigenvalue weighted by atomic mass is 9.98. The molecule has 19 heavy (non-hydrogen) atoms. The number of carbonyl (C=O) groups is 1. The highest BCUT2D eigenvalue weighted by Gasteiger charge is 2.42. The Kier molecular flexibility index (Phi) is 3.82.